The summed E-state index contributed by atoms with van der Waals surface area (Å²) in [7, 11) is 0. The molecule has 12 heavy (non-hydrogen) atoms. The molecule has 0 aromatic carbocycles. The molecule has 0 spiro atoms. The fourth-order valence-corrected chi connectivity index (χ4v) is 0.322. The van der Waals surface area contributed by atoms with Gasteiger partial charge in [0.2, 0.25) is 5.91 Å². The molecule has 0 aliphatic rings. The molecule has 2 heteroatoms. The quantitative estimate of drug-likeness (QED) is 0.639. The maximum absolute atomic E-state index is 10.3. The van der Waals surface area contributed by atoms with Crippen molar-refractivity contribution >= 4 is 5.91 Å². The van der Waals surface area contributed by atoms with Crippen molar-refractivity contribution in [1.29, 1.82) is 0 Å². The fraction of sp³-hybridized carbons (Fsp3) is 0.700. The number of nitrogens with one attached hydrogen (secondary N) is 1. The zero-order valence-corrected chi connectivity index (χ0v) is 8.94. The molecule has 0 aromatic rings. The SMILES string of the molecule is C=C.CCC.CCNC(=O)CC. The standard InChI is InChI=1S/C5H11NO.C3H8.C2H4/c1-3-5(7)6-4-2;1-3-2;1-2/h3-4H2,1-2H3,(H,6,7);3H2,1-2H3;1-2H2. The highest BCUT2D eigenvalue weighted by atomic mass is 16.1. The van der Waals surface area contributed by atoms with Crippen LogP contribution in [-0.4, -0.2) is 12.5 Å². The molecule has 0 aliphatic carbocycles. The van der Waals surface area contributed by atoms with E-state index in [1.165, 1.54) is 6.42 Å². The van der Waals surface area contributed by atoms with Gasteiger partial charge in [0.15, 0.2) is 0 Å². The monoisotopic (exact) mass is 173 g/mol. The molecule has 1 amide bonds. The van der Waals surface area contributed by atoms with E-state index in [1.54, 1.807) is 0 Å². The minimum atomic E-state index is 0.127. The lowest BCUT2D eigenvalue weighted by molar-refractivity contribution is -0.120. The van der Waals surface area contributed by atoms with Crippen molar-refractivity contribution in [2.45, 2.75) is 40.5 Å². The number of rotatable bonds is 2. The smallest absolute Gasteiger partial charge is 0.219 e. The summed E-state index contributed by atoms with van der Waals surface area (Å²) in [4.78, 5) is 10.3. The molecule has 1 N–H and O–H groups in total. The Morgan fingerprint density at radius 3 is 1.58 bits per heavy atom. The largest absolute Gasteiger partial charge is 0.356 e. The molecule has 0 saturated heterocycles. The van der Waals surface area contributed by atoms with Crippen LogP contribution in [0.4, 0.5) is 0 Å². The molecular formula is C10H23NO. The van der Waals surface area contributed by atoms with Crippen LogP contribution in [0.1, 0.15) is 40.5 Å². The summed E-state index contributed by atoms with van der Waals surface area (Å²) < 4.78 is 0. The van der Waals surface area contributed by atoms with Gasteiger partial charge in [-0.25, -0.2) is 0 Å². The molecule has 0 unspecified atom stereocenters. The second-order valence-corrected chi connectivity index (χ2v) is 2.01. The topological polar surface area (TPSA) is 29.1 Å². The van der Waals surface area contributed by atoms with Crippen molar-refractivity contribution in [2.75, 3.05) is 6.54 Å². The van der Waals surface area contributed by atoms with Gasteiger partial charge >= 0.3 is 0 Å². The highest BCUT2D eigenvalue weighted by molar-refractivity contribution is 5.75. The van der Waals surface area contributed by atoms with Crippen LogP contribution in [0.25, 0.3) is 0 Å². The molecule has 2 nitrogen and oxygen atoms in total. The predicted octanol–water partition coefficient (Wildman–Crippen LogP) is 2.75. The molecule has 0 fully saturated rings. The molecule has 0 saturated carbocycles. The van der Waals surface area contributed by atoms with Crippen LogP contribution in [0.5, 0.6) is 0 Å². The third kappa shape index (κ3) is 35.0. The van der Waals surface area contributed by atoms with Gasteiger partial charge in [0.1, 0.15) is 0 Å². The number of hydrogen-bond acceptors (Lipinski definition) is 1. The Balaban J connectivity index is -0.000000137. The van der Waals surface area contributed by atoms with E-state index in [0.717, 1.165) is 6.54 Å². The van der Waals surface area contributed by atoms with Crippen LogP contribution in [0.3, 0.4) is 0 Å². The van der Waals surface area contributed by atoms with Gasteiger partial charge in [0.05, 0.1) is 0 Å². The van der Waals surface area contributed by atoms with Crippen molar-refractivity contribution in [3.05, 3.63) is 13.2 Å². The maximum atomic E-state index is 10.3. The van der Waals surface area contributed by atoms with E-state index in [9.17, 15) is 4.79 Å². The molecule has 0 heterocycles. The molecular weight excluding hydrogens is 150 g/mol. The molecule has 0 bridgehead atoms. The minimum Gasteiger partial charge on any atom is -0.356 e. The van der Waals surface area contributed by atoms with E-state index < -0.39 is 0 Å². The Kier molecular flexibility index (Phi) is 32.4. The van der Waals surface area contributed by atoms with E-state index in [0.29, 0.717) is 6.42 Å². The van der Waals surface area contributed by atoms with Crippen molar-refractivity contribution < 1.29 is 4.79 Å². The summed E-state index contributed by atoms with van der Waals surface area (Å²) in [6, 6.07) is 0. The third-order valence-corrected chi connectivity index (χ3v) is 0.695. The van der Waals surface area contributed by atoms with E-state index in [4.69, 9.17) is 0 Å². The second kappa shape index (κ2) is 22.5. The fourth-order valence-electron chi connectivity index (χ4n) is 0.322. The first kappa shape index (κ1) is 17.3. The van der Waals surface area contributed by atoms with E-state index in [1.807, 2.05) is 13.8 Å². The maximum Gasteiger partial charge on any atom is 0.219 e. The van der Waals surface area contributed by atoms with Crippen molar-refractivity contribution in [1.82, 2.24) is 5.32 Å². The van der Waals surface area contributed by atoms with Gasteiger partial charge in [-0.3, -0.25) is 4.79 Å². The van der Waals surface area contributed by atoms with Crippen molar-refractivity contribution in [2.24, 2.45) is 0 Å². The molecule has 0 atom stereocenters. The van der Waals surface area contributed by atoms with E-state index in [-0.39, 0.29) is 5.91 Å². The molecule has 0 aliphatic heterocycles. The highest BCUT2D eigenvalue weighted by Gasteiger charge is 1.88. The van der Waals surface area contributed by atoms with Gasteiger partial charge in [0, 0.05) is 13.0 Å². The van der Waals surface area contributed by atoms with Crippen LogP contribution in [0.2, 0.25) is 0 Å². The molecule has 0 rings (SSSR count). The average Bonchev–Trinajstić information content (AvgIpc) is 2.10. The molecule has 0 aromatic heterocycles. The highest BCUT2D eigenvalue weighted by Crippen LogP contribution is 1.70. The van der Waals surface area contributed by atoms with Crippen LogP contribution in [-0.2, 0) is 4.79 Å². The second-order valence-electron chi connectivity index (χ2n) is 2.01. The number of carbonyl (C=O) groups is 1. The Bertz CT molecular complexity index is 81.9. The zero-order chi connectivity index (χ0) is 10.4. The first-order valence-electron chi connectivity index (χ1n) is 4.49. The summed E-state index contributed by atoms with van der Waals surface area (Å²) >= 11 is 0. The van der Waals surface area contributed by atoms with Crippen LogP contribution in [0, 0.1) is 0 Å². The van der Waals surface area contributed by atoms with Gasteiger partial charge < -0.3 is 5.32 Å². The van der Waals surface area contributed by atoms with Crippen LogP contribution < -0.4 is 5.32 Å². The third-order valence-electron chi connectivity index (χ3n) is 0.695. The van der Waals surface area contributed by atoms with Gasteiger partial charge in [-0.1, -0.05) is 27.2 Å². The van der Waals surface area contributed by atoms with Crippen molar-refractivity contribution in [3.8, 4) is 0 Å². The Morgan fingerprint density at radius 1 is 1.17 bits per heavy atom. The summed E-state index contributed by atoms with van der Waals surface area (Å²) in [5.41, 5.74) is 0. The predicted molar refractivity (Wildman–Crippen MR) is 56.2 cm³/mol. The number of hydrogen-bond donors (Lipinski definition) is 1. The van der Waals surface area contributed by atoms with E-state index >= 15 is 0 Å². The first-order chi connectivity index (χ1) is 5.72. The average molecular weight is 173 g/mol. The lowest BCUT2D eigenvalue weighted by atomic mass is 10.4. The van der Waals surface area contributed by atoms with Gasteiger partial charge in [0.25, 0.3) is 0 Å². The lowest BCUT2D eigenvalue weighted by Crippen LogP contribution is -2.20. The Morgan fingerprint density at radius 2 is 1.50 bits per heavy atom. The van der Waals surface area contributed by atoms with E-state index in [2.05, 4.69) is 32.3 Å². The molecule has 74 valence electrons. The van der Waals surface area contributed by atoms with Gasteiger partial charge in [-0.2, -0.15) is 0 Å². The lowest BCUT2D eigenvalue weighted by Gasteiger charge is -1.93. The number of amides is 1. The molecule has 0 radical (unpaired) electrons. The van der Waals surface area contributed by atoms with Crippen LogP contribution in [0.15, 0.2) is 13.2 Å². The number of carbonyl (C=O) groups excluding carboxylic acids is 1. The Labute approximate surface area is 77.1 Å². The van der Waals surface area contributed by atoms with Crippen LogP contribution >= 0.6 is 0 Å². The van der Waals surface area contributed by atoms with Gasteiger partial charge in [-0.05, 0) is 6.92 Å². The van der Waals surface area contributed by atoms with Crippen molar-refractivity contribution in [3.63, 3.8) is 0 Å². The summed E-state index contributed by atoms with van der Waals surface area (Å²) in [5.74, 6) is 0.127. The summed E-state index contributed by atoms with van der Waals surface area (Å²) in [5, 5.41) is 2.66. The summed E-state index contributed by atoms with van der Waals surface area (Å²) in [6.07, 6.45) is 1.84. The minimum absolute atomic E-state index is 0.127. The first-order valence-corrected chi connectivity index (χ1v) is 4.49. The Hall–Kier alpha value is -0.790. The van der Waals surface area contributed by atoms with Gasteiger partial charge in [-0.15, -0.1) is 13.2 Å². The zero-order valence-electron chi connectivity index (χ0n) is 8.94. The normalized spacial score (nSPS) is 6.67. The summed E-state index contributed by atoms with van der Waals surface area (Å²) in [6.45, 7) is 14.7.